The quantitative estimate of drug-likeness (QED) is 0.841. The predicted octanol–water partition coefficient (Wildman–Crippen LogP) is 3.98. The zero-order chi connectivity index (χ0) is 14.5. The van der Waals surface area contributed by atoms with Crippen molar-refractivity contribution in [3.05, 3.63) is 58.1 Å². The smallest absolute Gasteiger partial charge is 0.160 e. The average Bonchev–Trinajstić information content (AvgIpc) is 2.41. The highest BCUT2D eigenvalue weighted by Crippen LogP contribution is 2.29. The molecular formula is C16H15BrO3. The molecule has 20 heavy (non-hydrogen) atoms. The van der Waals surface area contributed by atoms with Crippen LogP contribution in [0.1, 0.15) is 22.8 Å². The largest absolute Gasteiger partial charge is 0.457 e. The van der Waals surface area contributed by atoms with Crippen LogP contribution in [0.4, 0.5) is 0 Å². The Kier molecular flexibility index (Phi) is 4.93. The Morgan fingerprint density at radius 2 is 2.00 bits per heavy atom. The lowest BCUT2D eigenvalue weighted by molar-refractivity contribution is 0.101. The van der Waals surface area contributed by atoms with Gasteiger partial charge in [-0.2, -0.15) is 0 Å². The molecule has 0 heterocycles. The molecule has 0 aromatic heterocycles. The van der Waals surface area contributed by atoms with E-state index in [1.54, 1.807) is 18.2 Å². The molecule has 0 unspecified atom stereocenters. The van der Waals surface area contributed by atoms with Crippen LogP contribution in [0.25, 0.3) is 0 Å². The molecule has 0 atom stereocenters. The first-order valence-corrected chi connectivity index (χ1v) is 7.08. The van der Waals surface area contributed by atoms with Gasteiger partial charge in [0.25, 0.3) is 0 Å². The molecule has 0 aliphatic carbocycles. The predicted molar refractivity (Wildman–Crippen MR) is 81.5 cm³/mol. The number of carbonyl (C=O) groups excluding carboxylic acids is 1. The minimum Gasteiger partial charge on any atom is -0.457 e. The molecule has 3 nitrogen and oxygen atoms in total. The number of benzene rings is 2. The van der Waals surface area contributed by atoms with E-state index in [1.165, 1.54) is 6.92 Å². The minimum atomic E-state index is 0.00380. The van der Waals surface area contributed by atoms with Gasteiger partial charge in [0.15, 0.2) is 5.78 Å². The maximum atomic E-state index is 11.4. The van der Waals surface area contributed by atoms with Gasteiger partial charge >= 0.3 is 0 Å². The Morgan fingerprint density at radius 3 is 2.65 bits per heavy atom. The molecule has 0 aliphatic rings. The molecule has 0 spiro atoms. The molecule has 2 rings (SSSR count). The number of para-hydroxylation sites is 1. The van der Waals surface area contributed by atoms with E-state index >= 15 is 0 Å². The summed E-state index contributed by atoms with van der Waals surface area (Å²) in [6.45, 7) is 1.60. The fourth-order valence-electron chi connectivity index (χ4n) is 1.90. The molecule has 104 valence electrons. The molecule has 0 radical (unpaired) electrons. The number of aliphatic hydroxyl groups is 1. The molecular weight excluding hydrogens is 320 g/mol. The van der Waals surface area contributed by atoms with Crippen LogP contribution < -0.4 is 4.74 Å². The third-order valence-corrected chi connectivity index (χ3v) is 3.56. The van der Waals surface area contributed by atoms with E-state index in [0.29, 0.717) is 28.0 Å². The number of ketones is 1. The van der Waals surface area contributed by atoms with Crippen molar-refractivity contribution >= 4 is 21.7 Å². The number of ether oxygens (including phenoxy) is 1. The van der Waals surface area contributed by atoms with E-state index in [0.717, 1.165) is 5.56 Å². The van der Waals surface area contributed by atoms with Gasteiger partial charge in [-0.25, -0.2) is 0 Å². The molecule has 0 saturated carbocycles. The number of hydrogen-bond acceptors (Lipinski definition) is 3. The molecule has 4 heteroatoms. The first-order valence-electron chi connectivity index (χ1n) is 6.29. The van der Waals surface area contributed by atoms with E-state index in [-0.39, 0.29) is 12.4 Å². The molecule has 0 amide bonds. The maximum Gasteiger partial charge on any atom is 0.160 e. The number of rotatable bonds is 5. The number of hydrogen-bond donors (Lipinski definition) is 1. The van der Waals surface area contributed by atoms with Crippen LogP contribution in [-0.4, -0.2) is 17.5 Å². The summed E-state index contributed by atoms with van der Waals surface area (Å²) in [5, 5.41) is 9.05. The number of aliphatic hydroxyl groups excluding tert-OH is 1. The molecule has 0 saturated heterocycles. The van der Waals surface area contributed by atoms with Crippen LogP contribution in [0.3, 0.4) is 0 Å². The van der Waals surface area contributed by atoms with Crippen LogP contribution in [0, 0.1) is 0 Å². The minimum absolute atomic E-state index is 0.00380. The second-order valence-corrected chi connectivity index (χ2v) is 5.24. The summed E-state index contributed by atoms with van der Waals surface area (Å²) >= 11 is 3.37. The molecule has 0 bridgehead atoms. The van der Waals surface area contributed by atoms with Gasteiger partial charge in [-0.1, -0.05) is 18.2 Å². The van der Waals surface area contributed by atoms with Gasteiger partial charge < -0.3 is 9.84 Å². The van der Waals surface area contributed by atoms with Crippen molar-refractivity contribution in [3.8, 4) is 11.5 Å². The third kappa shape index (κ3) is 3.46. The first-order chi connectivity index (χ1) is 9.61. The Hall–Kier alpha value is -1.65. The fraction of sp³-hybridized carbons (Fsp3) is 0.188. The fourth-order valence-corrected chi connectivity index (χ4v) is 2.54. The summed E-state index contributed by atoms with van der Waals surface area (Å²) in [6, 6.07) is 12.8. The van der Waals surface area contributed by atoms with E-state index in [1.807, 2.05) is 24.3 Å². The third-order valence-electron chi connectivity index (χ3n) is 2.90. The summed E-state index contributed by atoms with van der Waals surface area (Å²) in [5.74, 6) is 1.36. The maximum absolute atomic E-state index is 11.4. The van der Waals surface area contributed by atoms with Crippen LogP contribution in [0.15, 0.2) is 46.9 Å². The lowest BCUT2D eigenvalue weighted by atomic mass is 10.1. The molecule has 1 N–H and O–H groups in total. The number of carbonyl (C=O) groups is 1. The molecule has 2 aromatic carbocycles. The van der Waals surface area contributed by atoms with E-state index in [4.69, 9.17) is 9.84 Å². The van der Waals surface area contributed by atoms with Gasteiger partial charge in [-0.05, 0) is 59.1 Å². The van der Waals surface area contributed by atoms with E-state index in [2.05, 4.69) is 15.9 Å². The van der Waals surface area contributed by atoms with Crippen molar-refractivity contribution in [2.75, 3.05) is 6.61 Å². The summed E-state index contributed by atoms with van der Waals surface area (Å²) in [6.07, 6.45) is 0.545. The number of Topliss-reactive ketones (excluding diaryl/α,β-unsaturated/α-hetero) is 1. The van der Waals surface area contributed by atoms with Crippen molar-refractivity contribution in [1.82, 2.24) is 0 Å². The summed E-state index contributed by atoms with van der Waals surface area (Å²) in [7, 11) is 0. The van der Waals surface area contributed by atoms with Crippen LogP contribution in [-0.2, 0) is 6.42 Å². The molecule has 0 aliphatic heterocycles. The summed E-state index contributed by atoms with van der Waals surface area (Å²) in [4.78, 5) is 11.4. The Morgan fingerprint density at radius 1 is 1.25 bits per heavy atom. The van der Waals surface area contributed by atoms with Gasteiger partial charge in [-0.15, -0.1) is 0 Å². The first kappa shape index (κ1) is 14.8. The molecule has 0 fully saturated rings. The van der Waals surface area contributed by atoms with Crippen molar-refractivity contribution in [1.29, 1.82) is 0 Å². The Labute approximate surface area is 126 Å². The monoisotopic (exact) mass is 334 g/mol. The highest BCUT2D eigenvalue weighted by atomic mass is 79.9. The van der Waals surface area contributed by atoms with Crippen molar-refractivity contribution < 1.29 is 14.6 Å². The average molecular weight is 335 g/mol. The summed E-state index contributed by atoms with van der Waals surface area (Å²) < 4.78 is 6.54. The standard InChI is InChI=1S/C16H15BrO3/c1-11(19)14-7-6-13(10-15(14)17)20-16-5-3-2-4-12(16)8-9-18/h2-7,10,18H,8-9H2,1H3. The lowest BCUT2D eigenvalue weighted by Gasteiger charge is -2.11. The highest BCUT2D eigenvalue weighted by molar-refractivity contribution is 9.10. The highest BCUT2D eigenvalue weighted by Gasteiger charge is 2.08. The van der Waals surface area contributed by atoms with E-state index < -0.39 is 0 Å². The van der Waals surface area contributed by atoms with Gasteiger partial charge in [0.1, 0.15) is 11.5 Å². The van der Waals surface area contributed by atoms with Crippen LogP contribution >= 0.6 is 15.9 Å². The van der Waals surface area contributed by atoms with Crippen molar-refractivity contribution in [2.45, 2.75) is 13.3 Å². The molecule has 2 aromatic rings. The van der Waals surface area contributed by atoms with Gasteiger partial charge in [-0.3, -0.25) is 4.79 Å². The van der Waals surface area contributed by atoms with Crippen molar-refractivity contribution in [2.24, 2.45) is 0 Å². The van der Waals surface area contributed by atoms with Gasteiger partial charge in [0, 0.05) is 16.6 Å². The van der Waals surface area contributed by atoms with Crippen molar-refractivity contribution in [3.63, 3.8) is 0 Å². The van der Waals surface area contributed by atoms with Crippen LogP contribution in [0.5, 0.6) is 11.5 Å². The second-order valence-electron chi connectivity index (χ2n) is 4.38. The normalized spacial score (nSPS) is 10.3. The lowest BCUT2D eigenvalue weighted by Crippen LogP contribution is -1.97. The Balaban J connectivity index is 2.26. The van der Waals surface area contributed by atoms with Crippen LogP contribution in [0.2, 0.25) is 0 Å². The number of halogens is 1. The van der Waals surface area contributed by atoms with Gasteiger partial charge in [0.05, 0.1) is 0 Å². The topological polar surface area (TPSA) is 46.5 Å². The SMILES string of the molecule is CC(=O)c1ccc(Oc2ccccc2CCO)cc1Br. The zero-order valence-electron chi connectivity index (χ0n) is 11.1. The second kappa shape index (κ2) is 6.68. The zero-order valence-corrected chi connectivity index (χ0v) is 12.7. The van der Waals surface area contributed by atoms with E-state index in [9.17, 15) is 4.79 Å². The van der Waals surface area contributed by atoms with Gasteiger partial charge in [0.2, 0.25) is 0 Å². The summed E-state index contributed by atoms with van der Waals surface area (Å²) in [5.41, 5.74) is 1.57. The Bertz CT molecular complexity index is 623.